The maximum Gasteiger partial charge on any atom is 0.165 e. The summed E-state index contributed by atoms with van der Waals surface area (Å²) in [7, 11) is 1.50. The molecule has 112 valence electrons. The first-order valence-electron chi connectivity index (χ1n) is 7.71. The molecule has 1 fully saturated rings. The lowest BCUT2D eigenvalue weighted by atomic mass is 9.84. The highest BCUT2D eigenvalue weighted by Gasteiger charge is 2.21. The molecular weight excluding hydrogens is 253 g/mol. The Morgan fingerprint density at radius 3 is 2.55 bits per heavy atom. The van der Waals surface area contributed by atoms with Gasteiger partial charge in [-0.2, -0.15) is 0 Å². The van der Waals surface area contributed by atoms with Crippen molar-refractivity contribution in [1.29, 1.82) is 0 Å². The lowest BCUT2D eigenvalue weighted by Gasteiger charge is -2.31. The van der Waals surface area contributed by atoms with Gasteiger partial charge < -0.3 is 10.1 Å². The van der Waals surface area contributed by atoms with Gasteiger partial charge in [0.1, 0.15) is 0 Å². The summed E-state index contributed by atoms with van der Waals surface area (Å²) in [6, 6.07) is 5.82. The molecule has 2 nitrogen and oxygen atoms in total. The van der Waals surface area contributed by atoms with Crippen molar-refractivity contribution in [3.05, 3.63) is 29.6 Å². The monoisotopic (exact) mass is 279 g/mol. The van der Waals surface area contributed by atoms with E-state index in [-0.39, 0.29) is 11.9 Å². The number of methoxy groups -OCH3 is 1. The van der Waals surface area contributed by atoms with E-state index >= 15 is 0 Å². The minimum Gasteiger partial charge on any atom is -0.494 e. The summed E-state index contributed by atoms with van der Waals surface area (Å²) in [6.07, 6.45) is 6.75. The Hall–Kier alpha value is -1.09. The Bertz CT molecular complexity index is 429. The van der Waals surface area contributed by atoms with Gasteiger partial charge in [0.05, 0.1) is 7.11 Å². The van der Waals surface area contributed by atoms with E-state index < -0.39 is 0 Å². The number of ether oxygens (including phenoxy) is 1. The minimum absolute atomic E-state index is 0.210. The van der Waals surface area contributed by atoms with E-state index in [1.165, 1.54) is 45.3 Å². The molecule has 1 unspecified atom stereocenters. The molecule has 0 aliphatic heterocycles. The van der Waals surface area contributed by atoms with Gasteiger partial charge in [0.15, 0.2) is 11.6 Å². The van der Waals surface area contributed by atoms with Crippen LogP contribution >= 0.6 is 0 Å². The highest BCUT2D eigenvalue weighted by atomic mass is 19.1. The standard InChI is InChI=1S/C17H26FNO/c1-12(14-7-5-4-6-8-14)19-13(2)15-9-10-16(18)17(11-15)20-3/h9-14,19H,4-8H2,1-3H3/t12-,13?/m0/s1. The fourth-order valence-electron chi connectivity index (χ4n) is 3.21. The third-order valence-electron chi connectivity index (χ3n) is 4.55. The molecule has 0 saturated heterocycles. The number of nitrogens with one attached hydrogen (secondary N) is 1. The Kier molecular flexibility index (Phi) is 5.41. The molecule has 2 atom stereocenters. The number of rotatable bonds is 5. The average molecular weight is 279 g/mol. The average Bonchev–Trinajstić information content (AvgIpc) is 2.48. The Balaban J connectivity index is 1.98. The fourth-order valence-corrected chi connectivity index (χ4v) is 3.21. The summed E-state index contributed by atoms with van der Waals surface area (Å²) < 4.78 is 18.5. The van der Waals surface area contributed by atoms with Crippen LogP contribution in [0.25, 0.3) is 0 Å². The summed E-state index contributed by atoms with van der Waals surface area (Å²) in [6.45, 7) is 4.40. The largest absolute Gasteiger partial charge is 0.494 e. The van der Waals surface area contributed by atoms with E-state index in [9.17, 15) is 4.39 Å². The first kappa shape index (κ1) is 15.3. The maximum atomic E-state index is 13.4. The molecule has 0 heterocycles. The van der Waals surface area contributed by atoms with E-state index in [1.54, 1.807) is 6.07 Å². The topological polar surface area (TPSA) is 21.3 Å². The predicted molar refractivity (Wildman–Crippen MR) is 80.5 cm³/mol. The zero-order chi connectivity index (χ0) is 14.5. The summed E-state index contributed by atoms with van der Waals surface area (Å²) in [5.74, 6) is 0.791. The molecule has 1 aliphatic carbocycles. The summed E-state index contributed by atoms with van der Waals surface area (Å²) in [5, 5.41) is 3.66. The first-order chi connectivity index (χ1) is 9.61. The van der Waals surface area contributed by atoms with Crippen molar-refractivity contribution < 1.29 is 9.13 Å². The molecular formula is C17H26FNO. The SMILES string of the molecule is COc1cc(C(C)N[C@@H](C)C2CCCCC2)ccc1F. The lowest BCUT2D eigenvalue weighted by Crippen LogP contribution is -2.36. The van der Waals surface area contributed by atoms with Crippen molar-refractivity contribution in [2.24, 2.45) is 5.92 Å². The fraction of sp³-hybridized carbons (Fsp3) is 0.647. The van der Waals surface area contributed by atoms with Crippen LogP contribution in [0, 0.1) is 11.7 Å². The van der Waals surface area contributed by atoms with Gasteiger partial charge in [0.2, 0.25) is 0 Å². The molecule has 3 heteroatoms. The quantitative estimate of drug-likeness (QED) is 0.859. The van der Waals surface area contributed by atoms with Crippen LogP contribution in [-0.2, 0) is 0 Å². The van der Waals surface area contributed by atoms with Crippen LogP contribution in [0.3, 0.4) is 0 Å². The molecule has 20 heavy (non-hydrogen) atoms. The highest BCUT2D eigenvalue weighted by Crippen LogP contribution is 2.28. The Labute approximate surface area is 121 Å². The van der Waals surface area contributed by atoms with Crippen LogP contribution < -0.4 is 10.1 Å². The number of hydrogen-bond acceptors (Lipinski definition) is 2. The Morgan fingerprint density at radius 1 is 1.20 bits per heavy atom. The van der Waals surface area contributed by atoms with Gasteiger partial charge in [0, 0.05) is 12.1 Å². The molecule has 1 saturated carbocycles. The van der Waals surface area contributed by atoms with Crippen LogP contribution in [0.15, 0.2) is 18.2 Å². The maximum absolute atomic E-state index is 13.4. The van der Waals surface area contributed by atoms with Crippen molar-refractivity contribution >= 4 is 0 Å². The zero-order valence-corrected chi connectivity index (χ0v) is 12.8. The van der Waals surface area contributed by atoms with E-state index in [1.807, 2.05) is 6.07 Å². The number of halogens is 1. The van der Waals surface area contributed by atoms with Gasteiger partial charge in [0.25, 0.3) is 0 Å². The van der Waals surface area contributed by atoms with Gasteiger partial charge in [-0.3, -0.25) is 0 Å². The molecule has 0 radical (unpaired) electrons. The van der Waals surface area contributed by atoms with E-state index in [0.717, 1.165) is 11.5 Å². The van der Waals surface area contributed by atoms with Crippen LogP contribution in [0.2, 0.25) is 0 Å². The molecule has 0 aromatic heterocycles. The van der Waals surface area contributed by atoms with Gasteiger partial charge in [-0.05, 0) is 50.3 Å². The predicted octanol–water partition coefficient (Wildman–Crippen LogP) is 4.45. The van der Waals surface area contributed by atoms with Gasteiger partial charge in [-0.1, -0.05) is 25.3 Å². The van der Waals surface area contributed by atoms with Crippen molar-refractivity contribution in [3.8, 4) is 5.75 Å². The van der Waals surface area contributed by atoms with Crippen molar-refractivity contribution in [2.75, 3.05) is 7.11 Å². The van der Waals surface area contributed by atoms with Crippen LogP contribution in [0.5, 0.6) is 5.75 Å². The van der Waals surface area contributed by atoms with E-state index in [0.29, 0.717) is 11.8 Å². The third kappa shape index (κ3) is 3.72. The van der Waals surface area contributed by atoms with Gasteiger partial charge in [-0.15, -0.1) is 0 Å². The van der Waals surface area contributed by atoms with Gasteiger partial charge >= 0.3 is 0 Å². The molecule has 1 aromatic rings. The summed E-state index contributed by atoms with van der Waals surface area (Å²) >= 11 is 0. The smallest absolute Gasteiger partial charge is 0.165 e. The second-order valence-electron chi connectivity index (χ2n) is 5.97. The second kappa shape index (κ2) is 7.07. The number of hydrogen-bond donors (Lipinski definition) is 1. The summed E-state index contributed by atoms with van der Waals surface area (Å²) in [5.41, 5.74) is 1.07. The van der Waals surface area contributed by atoms with E-state index in [2.05, 4.69) is 19.2 Å². The highest BCUT2D eigenvalue weighted by molar-refractivity contribution is 5.32. The molecule has 1 aromatic carbocycles. The lowest BCUT2D eigenvalue weighted by molar-refractivity contribution is 0.268. The van der Waals surface area contributed by atoms with Gasteiger partial charge in [-0.25, -0.2) is 4.39 Å². The van der Waals surface area contributed by atoms with Crippen molar-refractivity contribution in [3.63, 3.8) is 0 Å². The summed E-state index contributed by atoms with van der Waals surface area (Å²) in [4.78, 5) is 0. The number of benzene rings is 1. The van der Waals surface area contributed by atoms with Crippen LogP contribution in [0.4, 0.5) is 4.39 Å². The molecule has 0 bridgehead atoms. The zero-order valence-electron chi connectivity index (χ0n) is 12.8. The van der Waals surface area contributed by atoms with Crippen molar-refractivity contribution in [2.45, 2.75) is 58.0 Å². The van der Waals surface area contributed by atoms with Crippen molar-refractivity contribution in [1.82, 2.24) is 5.32 Å². The van der Waals surface area contributed by atoms with E-state index in [4.69, 9.17) is 4.74 Å². The molecule has 2 rings (SSSR count). The van der Waals surface area contributed by atoms with Crippen LogP contribution in [-0.4, -0.2) is 13.2 Å². The second-order valence-corrected chi connectivity index (χ2v) is 5.97. The first-order valence-corrected chi connectivity index (χ1v) is 7.71. The third-order valence-corrected chi connectivity index (χ3v) is 4.55. The molecule has 0 spiro atoms. The molecule has 1 aliphatic rings. The molecule has 0 amide bonds. The minimum atomic E-state index is -0.302. The molecule has 1 N–H and O–H groups in total. The Morgan fingerprint density at radius 2 is 1.90 bits per heavy atom. The normalized spacial score (nSPS) is 19.6. The van der Waals surface area contributed by atoms with Crippen LogP contribution in [0.1, 0.15) is 57.6 Å².